The van der Waals surface area contributed by atoms with Gasteiger partial charge >= 0.3 is 0 Å². The number of allylic oxidation sites excluding steroid dienone is 2. The highest BCUT2D eigenvalue weighted by Crippen LogP contribution is 2.20. The molecule has 3 unspecified atom stereocenters. The average molecular weight is 474 g/mol. The van der Waals surface area contributed by atoms with Crippen molar-refractivity contribution in [1.29, 1.82) is 0 Å². The number of hydrogen-bond acceptors (Lipinski definition) is 3. The summed E-state index contributed by atoms with van der Waals surface area (Å²) in [5.74, 6) is 0.358. The van der Waals surface area contributed by atoms with Crippen molar-refractivity contribution in [1.82, 2.24) is 9.91 Å². The summed E-state index contributed by atoms with van der Waals surface area (Å²) in [5, 5.41) is 7.37. The fourth-order valence-corrected chi connectivity index (χ4v) is 3.97. The molecule has 0 aliphatic rings. The van der Waals surface area contributed by atoms with E-state index in [2.05, 4.69) is 94.8 Å². The van der Waals surface area contributed by atoms with E-state index in [-0.39, 0.29) is 12.1 Å². The largest absolute Gasteiger partial charge is 0.299 e. The van der Waals surface area contributed by atoms with Crippen LogP contribution in [0.4, 0.5) is 4.39 Å². The lowest BCUT2D eigenvalue weighted by Crippen LogP contribution is -2.38. The molecule has 0 saturated carbocycles. The predicted octanol–water partition coefficient (Wildman–Crippen LogP) is 8.29. The highest BCUT2D eigenvalue weighted by Gasteiger charge is 2.21. The summed E-state index contributed by atoms with van der Waals surface area (Å²) in [7, 11) is 0. The van der Waals surface area contributed by atoms with E-state index in [1.807, 2.05) is 19.9 Å². The first kappa shape index (κ1) is 32.1. The van der Waals surface area contributed by atoms with Crippen LogP contribution >= 0.6 is 0 Å². The molecule has 0 N–H and O–H groups in total. The van der Waals surface area contributed by atoms with E-state index >= 15 is 0 Å². The first-order chi connectivity index (χ1) is 16.2. The minimum Gasteiger partial charge on any atom is -0.299 e. The second kappa shape index (κ2) is 18.4. The van der Waals surface area contributed by atoms with Crippen molar-refractivity contribution in [3.63, 3.8) is 0 Å². The Bertz CT molecular complexity index is 722. The van der Waals surface area contributed by atoms with Crippen LogP contribution < -0.4 is 0 Å². The van der Waals surface area contributed by atoms with Gasteiger partial charge < -0.3 is 0 Å². The molecule has 0 radical (unpaired) electrons. The van der Waals surface area contributed by atoms with E-state index in [0.717, 1.165) is 38.0 Å². The first-order valence-electron chi connectivity index (χ1n) is 13.4. The lowest BCUT2D eigenvalue weighted by Gasteiger charge is -2.33. The van der Waals surface area contributed by atoms with Gasteiger partial charge in [-0.05, 0) is 58.2 Å². The monoisotopic (exact) mass is 473 g/mol. The lowest BCUT2D eigenvalue weighted by atomic mass is 10.0. The van der Waals surface area contributed by atoms with Gasteiger partial charge in [0.05, 0.1) is 6.04 Å². The quantitative estimate of drug-likeness (QED) is 0.154. The molecule has 1 aromatic rings. The molecule has 3 atom stereocenters. The van der Waals surface area contributed by atoms with Crippen LogP contribution in [0, 0.1) is 5.92 Å². The van der Waals surface area contributed by atoms with Crippen molar-refractivity contribution in [2.45, 2.75) is 107 Å². The van der Waals surface area contributed by atoms with Crippen LogP contribution in [-0.4, -0.2) is 47.0 Å². The smallest absolute Gasteiger partial charge is 0.116 e. The molecular formula is C30H52FN3. The zero-order valence-corrected chi connectivity index (χ0v) is 23.7. The van der Waals surface area contributed by atoms with Crippen molar-refractivity contribution in [2.24, 2.45) is 11.0 Å². The fourth-order valence-electron chi connectivity index (χ4n) is 3.97. The van der Waals surface area contributed by atoms with Gasteiger partial charge in [0.15, 0.2) is 0 Å². The van der Waals surface area contributed by atoms with Gasteiger partial charge in [0.25, 0.3) is 0 Å². The van der Waals surface area contributed by atoms with Gasteiger partial charge in [0.2, 0.25) is 0 Å². The Kier molecular flexibility index (Phi) is 17.3. The topological polar surface area (TPSA) is 18.8 Å². The molecule has 0 aliphatic carbocycles. The highest BCUT2D eigenvalue weighted by atomic mass is 19.1. The summed E-state index contributed by atoms with van der Waals surface area (Å²) >= 11 is 0. The Labute approximate surface area is 210 Å². The Morgan fingerprint density at radius 3 is 2.09 bits per heavy atom. The van der Waals surface area contributed by atoms with Crippen molar-refractivity contribution in [2.75, 3.05) is 13.1 Å². The third-order valence-electron chi connectivity index (χ3n) is 5.81. The summed E-state index contributed by atoms with van der Waals surface area (Å²) < 4.78 is 13.4. The van der Waals surface area contributed by atoms with Gasteiger partial charge in [-0.3, -0.25) is 9.91 Å². The Hall–Kier alpha value is -1.94. The second-order valence-corrected chi connectivity index (χ2v) is 8.96. The van der Waals surface area contributed by atoms with E-state index in [9.17, 15) is 4.39 Å². The van der Waals surface area contributed by atoms with E-state index in [4.69, 9.17) is 5.10 Å². The summed E-state index contributed by atoms with van der Waals surface area (Å²) in [6, 6.07) is 11.0. The average Bonchev–Trinajstić information content (AvgIpc) is 2.83. The second-order valence-electron chi connectivity index (χ2n) is 8.96. The summed E-state index contributed by atoms with van der Waals surface area (Å²) in [6.07, 6.45) is 6.63. The van der Waals surface area contributed by atoms with Crippen molar-refractivity contribution in [3.05, 3.63) is 59.7 Å². The number of halogens is 1. The molecule has 194 valence electrons. The number of nitrogens with zero attached hydrogens (tertiary/aromatic N) is 3. The van der Waals surface area contributed by atoms with E-state index in [1.165, 1.54) is 11.3 Å². The molecule has 34 heavy (non-hydrogen) atoms. The maximum atomic E-state index is 13.4. The molecule has 1 aromatic carbocycles. The van der Waals surface area contributed by atoms with Gasteiger partial charge in [0.1, 0.15) is 6.17 Å². The summed E-state index contributed by atoms with van der Waals surface area (Å²) in [5.41, 5.74) is 3.68. The fraction of sp³-hybridized carbons (Fsp3) is 0.633. The zero-order valence-electron chi connectivity index (χ0n) is 23.7. The van der Waals surface area contributed by atoms with Crippen LogP contribution in [-0.2, 0) is 6.54 Å². The molecular weight excluding hydrogens is 421 g/mol. The maximum absolute atomic E-state index is 13.4. The van der Waals surface area contributed by atoms with Crippen LogP contribution in [0.2, 0.25) is 0 Å². The number of hydrazone groups is 1. The molecule has 0 heterocycles. The zero-order chi connectivity index (χ0) is 26.1. The van der Waals surface area contributed by atoms with Crippen molar-refractivity contribution >= 4 is 5.71 Å². The van der Waals surface area contributed by atoms with Gasteiger partial charge in [-0.2, -0.15) is 5.10 Å². The third-order valence-corrected chi connectivity index (χ3v) is 5.81. The van der Waals surface area contributed by atoms with Crippen molar-refractivity contribution in [3.8, 4) is 0 Å². The molecule has 0 bridgehead atoms. The molecule has 4 heteroatoms. The third kappa shape index (κ3) is 12.0. The SMILES string of the molecule is CC.CC/C=C(\C=C/C(C)F)C(C)N(/N=C(\CC)C(C)CN(CC)Cc1ccccc1)C(C)C. The normalized spacial score (nSPS) is 15.3. The predicted molar refractivity (Wildman–Crippen MR) is 150 cm³/mol. The van der Waals surface area contributed by atoms with Gasteiger partial charge in [-0.15, -0.1) is 0 Å². The van der Waals surface area contributed by atoms with E-state index < -0.39 is 6.17 Å². The van der Waals surface area contributed by atoms with Gasteiger partial charge in [-0.25, -0.2) is 4.39 Å². The number of benzene rings is 1. The molecule has 0 fully saturated rings. The molecule has 1 rings (SSSR count). The van der Waals surface area contributed by atoms with Crippen LogP contribution in [0.3, 0.4) is 0 Å². The summed E-state index contributed by atoms with van der Waals surface area (Å²) in [6.45, 7) is 23.9. The van der Waals surface area contributed by atoms with Crippen LogP contribution in [0.25, 0.3) is 0 Å². The Morgan fingerprint density at radius 2 is 1.62 bits per heavy atom. The van der Waals surface area contributed by atoms with E-state index in [1.54, 1.807) is 13.0 Å². The van der Waals surface area contributed by atoms with Crippen molar-refractivity contribution < 1.29 is 4.39 Å². The molecule has 0 aromatic heterocycles. The first-order valence-corrected chi connectivity index (χ1v) is 13.4. The number of rotatable bonds is 14. The summed E-state index contributed by atoms with van der Waals surface area (Å²) in [4.78, 5) is 2.49. The van der Waals surface area contributed by atoms with Gasteiger partial charge in [0, 0.05) is 30.8 Å². The molecule has 0 aliphatic heterocycles. The Morgan fingerprint density at radius 1 is 1.00 bits per heavy atom. The molecule has 0 spiro atoms. The maximum Gasteiger partial charge on any atom is 0.116 e. The standard InChI is InChI=1S/C28H46FN3.C2H6/c1-9-15-27(19-18-24(7)29)25(8)32(22(4)5)30-28(10-2)23(6)20-31(11-3)21-26-16-13-12-14-17-26;1-2/h12-19,22-25H,9-11,20-21H2,1-8H3;1-2H3/b19-18-,27-15+,30-28+;. The van der Waals surface area contributed by atoms with Crippen LogP contribution in [0.1, 0.15) is 87.6 Å². The highest BCUT2D eigenvalue weighted by molar-refractivity contribution is 5.86. The molecule has 0 saturated heterocycles. The molecule has 0 amide bonds. The number of hydrogen-bond donors (Lipinski definition) is 0. The lowest BCUT2D eigenvalue weighted by molar-refractivity contribution is 0.192. The Balaban J connectivity index is 0.00000529. The van der Waals surface area contributed by atoms with Crippen LogP contribution in [0.5, 0.6) is 0 Å². The minimum absolute atomic E-state index is 0.0882. The molecule has 3 nitrogen and oxygen atoms in total. The van der Waals surface area contributed by atoms with Crippen LogP contribution in [0.15, 0.2) is 59.2 Å². The van der Waals surface area contributed by atoms with Gasteiger partial charge in [-0.1, -0.05) is 90.1 Å². The number of alkyl halides is 1. The minimum atomic E-state index is -0.950. The van der Waals surface area contributed by atoms with E-state index in [0.29, 0.717) is 5.92 Å².